The number of carbonyl (C=O) groups excluding carboxylic acids is 1. The minimum absolute atomic E-state index is 0.122. The van der Waals surface area contributed by atoms with Gasteiger partial charge in [0.25, 0.3) is 0 Å². The third kappa shape index (κ3) is 2.46. The Labute approximate surface area is 114 Å². The van der Waals surface area contributed by atoms with Crippen LogP contribution in [-0.4, -0.2) is 5.78 Å². The quantitative estimate of drug-likeness (QED) is 0.713. The van der Waals surface area contributed by atoms with Gasteiger partial charge in [-0.2, -0.15) is 0 Å². The zero-order chi connectivity index (χ0) is 13.2. The summed E-state index contributed by atoms with van der Waals surface area (Å²) in [5, 5.41) is 0. The van der Waals surface area contributed by atoms with Crippen molar-refractivity contribution < 1.29 is 4.79 Å². The van der Waals surface area contributed by atoms with E-state index in [1.165, 1.54) is 30.4 Å². The first-order valence-corrected chi connectivity index (χ1v) is 6.95. The normalized spacial score (nSPS) is 15.0. The SMILES string of the molecule is CC(=O)c1cccc(-c2cccc(C3CCC3)c2)c1. The van der Waals surface area contributed by atoms with Crippen molar-refractivity contribution in [3.05, 3.63) is 59.7 Å². The molecule has 2 aromatic carbocycles. The smallest absolute Gasteiger partial charge is 0.159 e. The van der Waals surface area contributed by atoms with Crippen molar-refractivity contribution in [3.63, 3.8) is 0 Å². The summed E-state index contributed by atoms with van der Waals surface area (Å²) in [4.78, 5) is 11.5. The molecule has 19 heavy (non-hydrogen) atoms. The van der Waals surface area contributed by atoms with E-state index in [2.05, 4.69) is 30.3 Å². The Hall–Kier alpha value is -1.89. The summed E-state index contributed by atoms with van der Waals surface area (Å²) >= 11 is 0. The van der Waals surface area contributed by atoms with Crippen molar-refractivity contribution >= 4 is 5.78 Å². The van der Waals surface area contributed by atoms with E-state index in [9.17, 15) is 4.79 Å². The zero-order valence-corrected chi connectivity index (χ0v) is 11.2. The van der Waals surface area contributed by atoms with Crippen molar-refractivity contribution in [2.45, 2.75) is 32.1 Å². The number of benzene rings is 2. The van der Waals surface area contributed by atoms with E-state index in [-0.39, 0.29) is 5.78 Å². The summed E-state index contributed by atoms with van der Waals surface area (Å²) in [7, 11) is 0. The predicted molar refractivity (Wildman–Crippen MR) is 78.5 cm³/mol. The largest absolute Gasteiger partial charge is 0.295 e. The van der Waals surface area contributed by atoms with Gasteiger partial charge < -0.3 is 0 Å². The van der Waals surface area contributed by atoms with Crippen LogP contribution in [0, 0.1) is 0 Å². The molecule has 0 spiro atoms. The maximum Gasteiger partial charge on any atom is 0.159 e. The molecule has 0 unspecified atom stereocenters. The lowest BCUT2D eigenvalue weighted by molar-refractivity contribution is 0.101. The molecule has 0 amide bonds. The fraction of sp³-hybridized carbons (Fsp3) is 0.278. The van der Waals surface area contributed by atoms with Gasteiger partial charge in [-0.1, -0.05) is 48.9 Å². The fourth-order valence-electron chi connectivity index (χ4n) is 2.63. The van der Waals surface area contributed by atoms with Crippen molar-refractivity contribution in [1.82, 2.24) is 0 Å². The van der Waals surface area contributed by atoms with Gasteiger partial charge in [0.15, 0.2) is 5.78 Å². The second-order valence-electron chi connectivity index (χ2n) is 5.39. The van der Waals surface area contributed by atoms with E-state index in [1.54, 1.807) is 6.92 Å². The van der Waals surface area contributed by atoms with Crippen molar-refractivity contribution in [2.24, 2.45) is 0 Å². The van der Waals surface area contributed by atoms with Gasteiger partial charge in [-0.15, -0.1) is 0 Å². The van der Waals surface area contributed by atoms with Crippen LogP contribution in [0.2, 0.25) is 0 Å². The zero-order valence-electron chi connectivity index (χ0n) is 11.2. The number of Topliss-reactive ketones (excluding diaryl/α,β-unsaturated/α-hetero) is 1. The standard InChI is InChI=1S/C18H18O/c1-13(19)15-7-3-9-17(11-15)18-10-4-8-16(12-18)14-5-2-6-14/h3-4,7-12,14H,2,5-6H2,1H3. The van der Waals surface area contributed by atoms with Gasteiger partial charge in [-0.25, -0.2) is 0 Å². The first kappa shape index (κ1) is 12.2. The van der Waals surface area contributed by atoms with E-state index in [1.807, 2.05) is 18.2 Å². The molecule has 2 aromatic rings. The molecular weight excluding hydrogens is 232 g/mol. The third-order valence-corrected chi connectivity index (χ3v) is 4.07. The van der Waals surface area contributed by atoms with Crippen LogP contribution in [0.25, 0.3) is 11.1 Å². The number of hydrogen-bond acceptors (Lipinski definition) is 1. The number of rotatable bonds is 3. The molecule has 1 saturated carbocycles. The van der Waals surface area contributed by atoms with Gasteiger partial charge >= 0.3 is 0 Å². The molecule has 0 radical (unpaired) electrons. The molecule has 1 aliphatic carbocycles. The molecule has 3 rings (SSSR count). The molecule has 0 bridgehead atoms. The summed E-state index contributed by atoms with van der Waals surface area (Å²) in [6, 6.07) is 16.7. The second kappa shape index (κ2) is 5.00. The summed E-state index contributed by atoms with van der Waals surface area (Å²) in [5.41, 5.74) is 4.57. The van der Waals surface area contributed by atoms with Crippen LogP contribution in [-0.2, 0) is 0 Å². The maximum absolute atomic E-state index is 11.5. The van der Waals surface area contributed by atoms with Crippen LogP contribution in [0.5, 0.6) is 0 Å². The number of ketones is 1. The van der Waals surface area contributed by atoms with Gasteiger partial charge in [0.1, 0.15) is 0 Å². The molecule has 1 fully saturated rings. The highest BCUT2D eigenvalue weighted by Gasteiger charge is 2.19. The monoisotopic (exact) mass is 250 g/mol. The molecule has 0 saturated heterocycles. The Kier molecular flexibility index (Phi) is 3.20. The molecular formula is C18H18O. The minimum atomic E-state index is 0.122. The third-order valence-electron chi connectivity index (χ3n) is 4.07. The molecule has 1 heteroatoms. The van der Waals surface area contributed by atoms with Crippen molar-refractivity contribution in [3.8, 4) is 11.1 Å². The molecule has 0 aromatic heterocycles. The van der Waals surface area contributed by atoms with Crippen molar-refractivity contribution in [2.75, 3.05) is 0 Å². The summed E-state index contributed by atoms with van der Waals surface area (Å²) in [5.74, 6) is 0.868. The van der Waals surface area contributed by atoms with Crippen LogP contribution in [0.15, 0.2) is 48.5 Å². The van der Waals surface area contributed by atoms with Crippen LogP contribution >= 0.6 is 0 Å². The molecule has 0 N–H and O–H groups in total. The molecule has 96 valence electrons. The van der Waals surface area contributed by atoms with Gasteiger partial charge in [0.05, 0.1) is 0 Å². The summed E-state index contributed by atoms with van der Waals surface area (Å²) in [6.45, 7) is 1.61. The lowest BCUT2D eigenvalue weighted by atomic mass is 9.79. The van der Waals surface area contributed by atoms with E-state index < -0.39 is 0 Å². The Morgan fingerprint density at radius 2 is 1.68 bits per heavy atom. The average molecular weight is 250 g/mol. The van der Waals surface area contributed by atoms with Crippen LogP contribution in [0.1, 0.15) is 48.0 Å². The number of carbonyl (C=O) groups is 1. The number of hydrogen-bond donors (Lipinski definition) is 0. The van der Waals surface area contributed by atoms with E-state index in [0.717, 1.165) is 17.0 Å². The summed E-state index contributed by atoms with van der Waals surface area (Å²) < 4.78 is 0. The lowest BCUT2D eigenvalue weighted by Crippen LogP contribution is -2.08. The van der Waals surface area contributed by atoms with Gasteiger partial charge in [0.2, 0.25) is 0 Å². The highest BCUT2D eigenvalue weighted by Crippen LogP contribution is 2.37. The summed E-state index contributed by atoms with van der Waals surface area (Å²) in [6.07, 6.45) is 3.99. The van der Waals surface area contributed by atoms with Crippen LogP contribution < -0.4 is 0 Å². The molecule has 1 nitrogen and oxygen atoms in total. The minimum Gasteiger partial charge on any atom is -0.295 e. The highest BCUT2D eigenvalue weighted by atomic mass is 16.1. The molecule has 0 aliphatic heterocycles. The Bertz CT molecular complexity index is 609. The molecule has 0 atom stereocenters. The van der Waals surface area contributed by atoms with E-state index in [0.29, 0.717) is 0 Å². The Balaban J connectivity index is 1.97. The van der Waals surface area contributed by atoms with Gasteiger partial charge in [0, 0.05) is 5.56 Å². The van der Waals surface area contributed by atoms with Gasteiger partial charge in [-0.3, -0.25) is 4.79 Å². The fourth-order valence-corrected chi connectivity index (χ4v) is 2.63. The maximum atomic E-state index is 11.5. The predicted octanol–water partition coefficient (Wildman–Crippen LogP) is 4.82. The average Bonchev–Trinajstić information content (AvgIpc) is 2.37. The Morgan fingerprint density at radius 1 is 1.00 bits per heavy atom. The van der Waals surface area contributed by atoms with Crippen LogP contribution in [0.4, 0.5) is 0 Å². The first-order valence-electron chi connectivity index (χ1n) is 6.95. The second-order valence-corrected chi connectivity index (χ2v) is 5.39. The molecule has 0 heterocycles. The molecule has 1 aliphatic rings. The van der Waals surface area contributed by atoms with E-state index in [4.69, 9.17) is 0 Å². The first-order chi connectivity index (χ1) is 9.24. The van der Waals surface area contributed by atoms with E-state index >= 15 is 0 Å². The topological polar surface area (TPSA) is 17.1 Å². The Morgan fingerprint density at radius 3 is 2.32 bits per heavy atom. The van der Waals surface area contributed by atoms with Gasteiger partial charge in [-0.05, 0) is 48.4 Å². The lowest BCUT2D eigenvalue weighted by Gasteiger charge is -2.26. The van der Waals surface area contributed by atoms with Crippen molar-refractivity contribution in [1.29, 1.82) is 0 Å². The highest BCUT2D eigenvalue weighted by molar-refractivity contribution is 5.95. The van der Waals surface area contributed by atoms with Crippen LogP contribution in [0.3, 0.4) is 0 Å².